The summed E-state index contributed by atoms with van der Waals surface area (Å²) in [4.78, 5) is 1.97. The zero-order valence-electron chi connectivity index (χ0n) is 12.2. The predicted octanol–water partition coefficient (Wildman–Crippen LogP) is 1.11. The van der Waals surface area contributed by atoms with E-state index in [2.05, 4.69) is 11.4 Å². The summed E-state index contributed by atoms with van der Waals surface area (Å²) in [5.74, 6) is 0. The second kappa shape index (κ2) is 9.32. The molecule has 0 aliphatic rings. The van der Waals surface area contributed by atoms with Crippen LogP contribution in [0.3, 0.4) is 0 Å². The molecule has 0 heterocycles. The molecule has 20 heavy (non-hydrogen) atoms. The molecule has 5 heteroatoms. The van der Waals surface area contributed by atoms with Crippen molar-refractivity contribution in [2.75, 3.05) is 44.9 Å². The van der Waals surface area contributed by atoms with Crippen LogP contribution in [0, 0.1) is 11.3 Å². The Balaban J connectivity index is 2.93. The molecule has 0 saturated carbocycles. The van der Waals surface area contributed by atoms with Crippen LogP contribution in [0.4, 0.5) is 5.69 Å². The third-order valence-corrected chi connectivity index (χ3v) is 3.04. The van der Waals surface area contributed by atoms with Gasteiger partial charge in [-0.15, -0.1) is 0 Å². The van der Waals surface area contributed by atoms with Gasteiger partial charge in [0.2, 0.25) is 0 Å². The summed E-state index contributed by atoms with van der Waals surface area (Å²) in [5, 5.41) is 21.7. The fraction of sp³-hybridized carbons (Fsp3) is 0.533. The minimum atomic E-state index is 0.0493. The molecule has 110 valence electrons. The Kier molecular flexibility index (Phi) is 7.66. The van der Waals surface area contributed by atoms with E-state index in [1.54, 1.807) is 7.11 Å². The molecule has 0 amide bonds. The third kappa shape index (κ3) is 4.82. The molecule has 1 rings (SSSR count). The van der Waals surface area contributed by atoms with Crippen molar-refractivity contribution in [1.29, 1.82) is 5.26 Å². The molecule has 0 spiro atoms. The van der Waals surface area contributed by atoms with Gasteiger partial charge in [-0.1, -0.05) is 13.0 Å². The molecule has 0 atom stereocenters. The third-order valence-electron chi connectivity index (χ3n) is 3.04. The number of nitrogens with one attached hydrogen (secondary N) is 1. The average Bonchev–Trinajstić information content (AvgIpc) is 2.49. The lowest BCUT2D eigenvalue weighted by Gasteiger charge is -2.25. The summed E-state index contributed by atoms with van der Waals surface area (Å²) < 4.78 is 5.07. The Hall–Kier alpha value is -1.61. The SMILES string of the molecule is CCNCc1ccc(N(CCO)CCOC)c(C#N)c1. The van der Waals surface area contributed by atoms with Gasteiger partial charge in [-0.05, 0) is 24.2 Å². The molecule has 0 unspecified atom stereocenters. The van der Waals surface area contributed by atoms with Crippen LogP contribution in [0.25, 0.3) is 0 Å². The molecule has 0 aromatic heterocycles. The van der Waals surface area contributed by atoms with E-state index in [0.717, 1.165) is 24.3 Å². The van der Waals surface area contributed by atoms with Crippen LogP contribution in [-0.4, -0.2) is 45.1 Å². The van der Waals surface area contributed by atoms with Crippen LogP contribution in [0.2, 0.25) is 0 Å². The molecule has 5 nitrogen and oxygen atoms in total. The maximum Gasteiger partial charge on any atom is 0.101 e. The van der Waals surface area contributed by atoms with E-state index in [0.29, 0.717) is 25.3 Å². The number of nitriles is 1. The van der Waals surface area contributed by atoms with Crippen LogP contribution >= 0.6 is 0 Å². The summed E-state index contributed by atoms with van der Waals surface area (Å²) in [5.41, 5.74) is 2.56. The topological polar surface area (TPSA) is 68.5 Å². The van der Waals surface area contributed by atoms with Crippen molar-refractivity contribution in [3.8, 4) is 6.07 Å². The van der Waals surface area contributed by atoms with E-state index in [1.807, 2.05) is 30.0 Å². The Morgan fingerprint density at radius 1 is 1.40 bits per heavy atom. The van der Waals surface area contributed by atoms with E-state index >= 15 is 0 Å². The fourth-order valence-electron chi connectivity index (χ4n) is 2.00. The van der Waals surface area contributed by atoms with Crippen LogP contribution < -0.4 is 10.2 Å². The Bertz CT molecular complexity index is 443. The molecule has 0 aliphatic heterocycles. The summed E-state index contributed by atoms with van der Waals surface area (Å²) in [6.45, 7) is 5.45. The second-order valence-corrected chi connectivity index (χ2v) is 4.45. The standard InChI is InChI=1S/C15H23N3O2/c1-3-17-12-13-4-5-15(14(10-13)11-16)18(6-8-19)7-9-20-2/h4-5,10,17,19H,3,6-9,12H2,1-2H3. The molecule has 1 aromatic carbocycles. The quantitative estimate of drug-likeness (QED) is 0.708. The minimum absolute atomic E-state index is 0.0493. The first-order chi connectivity index (χ1) is 9.76. The van der Waals surface area contributed by atoms with Crippen molar-refractivity contribution >= 4 is 5.69 Å². The maximum absolute atomic E-state index is 9.32. The van der Waals surface area contributed by atoms with Gasteiger partial charge in [-0.3, -0.25) is 0 Å². The lowest BCUT2D eigenvalue weighted by Crippen LogP contribution is -2.30. The van der Waals surface area contributed by atoms with Gasteiger partial charge in [0.05, 0.1) is 24.5 Å². The number of hydrogen-bond acceptors (Lipinski definition) is 5. The largest absolute Gasteiger partial charge is 0.395 e. The Morgan fingerprint density at radius 3 is 2.80 bits per heavy atom. The van der Waals surface area contributed by atoms with Crippen molar-refractivity contribution in [2.24, 2.45) is 0 Å². The van der Waals surface area contributed by atoms with Gasteiger partial charge < -0.3 is 20.1 Å². The first-order valence-corrected chi connectivity index (χ1v) is 6.85. The molecule has 0 aliphatic carbocycles. The van der Waals surface area contributed by atoms with Gasteiger partial charge in [0.25, 0.3) is 0 Å². The Morgan fingerprint density at radius 2 is 2.20 bits per heavy atom. The number of aliphatic hydroxyl groups is 1. The summed E-state index contributed by atoms with van der Waals surface area (Å²) >= 11 is 0. The highest BCUT2D eigenvalue weighted by Gasteiger charge is 2.11. The Labute approximate surface area is 120 Å². The number of ether oxygens (including phenoxy) is 1. The smallest absolute Gasteiger partial charge is 0.101 e. The van der Waals surface area contributed by atoms with E-state index in [9.17, 15) is 5.26 Å². The van der Waals surface area contributed by atoms with Gasteiger partial charge in [0, 0.05) is 26.7 Å². The summed E-state index contributed by atoms with van der Waals surface area (Å²) in [7, 11) is 1.64. The first kappa shape index (κ1) is 16.4. The highest BCUT2D eigenvalue weighted by molar-refractivity contribution is 5.60. The molecular weight excluding hydrogens is 254 g/mol. The molecule has 0 fully saturated rings. The van der Waals surface area contributed by atoms with E-state index in [4.69, 9.17) is 9.84 Å². The summed E-state index contributed by atoms with van der Waals surface area (Å²) in [6.07, 6.45) is 0. The average molecular weight is 277 g/mol. The number of benzene rings is 1. The van der Waals surface area contributed by atoms with Gasteiger partial charge in [-0.2, -0.15) is 5.26 Å². The van der Waals surface area contributed by atoms with Gasteiger partial charge >= 0.3 is 0 Å². The zero-order chi connectivity index (χ0) is 14.8. The number of rotatable bonds is 9. The van der Waals surface area contributed by atoms with Gasteiger partial charge in [0.15, 0.2) is 0 Å². The second-order valence-electron chi connectivity index (χ2n) is 4.45. The van der Waals surface area contributed by atoms with E-state index in [-0.39, 0.29) is 6.61 Å². The molecule has 0 saturated heterocycles. The van der Waals surface area contributed by atoms with Crippen LogP contribution in [-0.2, 0) is 11.3 Å². The van der Waals surface area contributed by atoms with Crippen LogP contribution in [0.5, 0.6) is 0 Å². The lowest BCUT2D eigenvalue weighted by atomic mass is 10.1. The molecule has 0 bridgehead atoms. The molecule has 0 radical (unpaired) electrons. The normalized spacial score (nSPS) is 10.3. The highest BCUT2D eigenvalue weighted by Crippen LogP contribution is 2.21. The number of anilines is 1. The van der Waals surface area contributed by atoms with Crippen LogP contribution in [0.15, 0.2) is 18.2 Å². The van der Waals surface area contributed by atoms with E-state index < -0.39 is 0 Å². The van der Waals surface area contributed by atoms with Crippen molar-refractivity contribution in [3.05, 3.63) is 29.3 Å². The molecule has 2 N–H and O–H groups in total. The van der Waals surface area contributed by atoms with Crippen LogP contribution in [0.1, 0.15) is 18.1 Å². The highest BCUT2D eigenvalue weighted by atomic mass is 16.5. The van der Waals surface area contributed by atoms with Crippen molar-refractivity contribution in [1.82, 2.24) is 5.32 Å². The fourth-order valence-corrected chi connectivity index (χ4v) is 2.00. The number of aliphatic hydroxyl groups excluding tert-OH is 1. The first-order valence-electron chi connectivity index (χ1n) is 6.85. The zero-order valence-corrected chi connectivity index (χ0v) is 12.2. The van der Waals surface area contributed by atoms with Crippen molar-refractivity contribution in [3.63, 3.8) is 0 Å². The summed E-state index contributed by atoms with van der Waals surface area (Å²) in [6, 6.07) is 8.08. The van der Waals surface area contributed by atoms with Gasteiger partial charge in [-0.25, -0.2) is 0 Å². The van der Waals surface area contributed by atoms with E-state index in [1.165, 1.54) is 0 Å². The predicted molar refractivity (Wildman–Crippen MR) is 79.7 cm³/mol. The van der Waals surface area contributed by atoms with Gasteiger partial charge in [0.1, 0.15) is 6.07 Å². The maximum atomic E-state index is 9.32. The molecule has 1 aromatic rings. The monoisotopic (exact) mass is 277 g/mol. The minimum Gasteiger partial charge on any atom is -0.395 e. The number of methoxy groups -OCH3 is 1. The molecular formula is C15H23N3O2. The number of hydrogen-bond donors (Lipinski definition) is 2. The number of nitrogens with zero attached hydrogens (tertiary/aromatic N) is 2. The van der Waals surface area contributed by atoms with Crippen molar-refractivity contribution in [2.45, 2.75) is 13.5 Å². The van der Waals surface area contributed by atoms with Crippen molar-refractivity contribution < 1.29 is 9.84 Å². The lowest BCUT2D eigenvalue weighted by molar-refractivity contribution is 0.203.